The zero-order chi connectivity index (χ0) is 15.6. The lowest BCUT2D eigenvalue weighted by atomic mass is 10.0. The van der Waals surface area contributed by atoms with Gasteiger partial charge in [-0.2, -0.15) is 0 Å². The average molecular weight is 278 g/mol. The van der Waals surface area contributed by atoms with Crippen molar-refractivity contribution < 1.29 is 8.78 Å². The van der Waals surface area contributed by atoms with Gasteiger partial charge in [-0.15, -0.1) is 0 Å². The van der Waals surface area contributed by atoms with Crippen molar-refractivity contribution in [3.63, 3.8) is 0 Å². The van der Waals surface area contributed by atoms with E-state index in [0.717, 1.165) is 12.1 Å². The summed E-state index contributed by atoms with van der Waals surface area (Å²) >= 11 is 0. The molecule has 6 heteroatoms. The van der Waals surface area contributed by atoms with Crippen LogP contribution in [-0.2, 0) is 0 Å². The van der Waals surface area contributed by atoms with Gasteiger partial charge in [-0.3, -0.25) is 0 Å². The lowest BCUT2D eigenvalue weighted by molar-refractivity contribution is 0.508. The maximum atomic E-state index is 13.4. The molecule has 1 aliphatic carbocycles. The maximum absolute atomic E-state index is 13.4. The van der Waals surface area contributed by atoms with Crippen LogP contribution in [0, 0.1) is 47.4 Å². The predicted octanol–water partition coefficient (Wildman–Crippen LogP) is 3.68. The van der Waals surface area contributed by atoms with Crippen molar-refractivity contribution >= 4 is 11.1 Å². The van der Waals surface area contributed by atoms with Gasteiger partial charge in [0.1, 0.15) is 0 Å². The van der Waals surface area contributed by atoms with Gasteiger partial charge in [0.2, 0.25) is 0 Å². The molecule has 0 unspecified atom stereocenters. The molecule has 1 aromatic carbocycles. The first-order valence-corrected chi connectivity index (χ1v) is 5.58. The summed E-state index contributed by atoms with van der Waals surface area (Å²) in [6.45, 7) is 13.9. The molecule has 0 aliphatic heterocycles. The highest BCUT2D eigenvalue weighted by Gasteiger charge is 2.28. The number of benzene rings is 1. The summed E-state index contributed by atoms with van der Waals surface area (Å²) in [6.07, 6.45) is -0.0469. The number of halogens is 2. The monoisotopic (exact) mass is 278 g/mol. The number of fused-ring (bicyclic) bond motifs is 1. The van der Waals surface area contributed by atoms with E-state index in [2.05, 4.69) is 9.69 Å². The van der Waals surface area contributed by atoms with Gasteiger partial charge in [0.25, 0.3) is 11.4 Å². The molecule has 0 saturated heterocycles. The van der Waals surface area contributed by atoms with Crippen molar-refractivity contribution in [3.05, 3.63) is 69.1 Å². The molecule has 0 amide bonds. The summed E-state index contributed by atoms with van der Waals surface area (Å²) in [5, 5.41) is 17.9. The molecular formula is C15H4F2N4. The molecule has 1 aromatic rings. The topological polar surface area (TPSA) is 56.3 Å². The van der Waals surface area contributed by atoms with Crippen LogP contribution in [0.3, 0.4) is 0 Å². The van der Waals surface area contributed by atoms with Crippen molar-refractivity contribution in [1.82, 2.24) is 0 Å². The van der Waals surface area contributed by atoms with Gasteiger partial charge in [0, 0.05) is 0 Å². The summed E-state index contributed by atoms with van der Waals surface area (Å²) in [4.78, 5) is 6.11. The van der Waals surface area contributed by atoms with Gasteiger partial charge in [-0.25, -0.2) is 29.0 Å². The smallest absolute Gasteiger partial charge is 0.226 e. The molecule has 0 fully saturated rings. The number of allylic oxidation sites excluding steroid dienone is 4. The lowest BCUT2D eigenvalue weighted by Gasteiger charge is -2.03. The Morgan fingerprint density at radius 3 is 1.62 bits per heavy atom. The van der Waals surface area contributed by atoms with Gasteiger partial charge in [0.05, 0.1) is 25.3 Å². The molecule has 4 nitrogen and oxygen atoms in total. The first-order valence-electron chi connectivity index (χ1n) is 5.58. The molecule has 98 valence electrons. The minimum atomic E-state index is -1.11. The number of rotatable bonds is 0. The summed E-state index contributed by atoms with van der Waals surface area (Å²) in [6, 6.07) is 5.15. The number of hydrogen-bond acceptors (Lipinski definition) is 2. The molecule has 0 radical (unpaired) electrons. The Kier molecular flexibility index (Phi) is 3.49. The third-order valence-corrected chi connectivity index (χ3v) is 3.07. The first kappa shape index (κ1) is 13.9. The predicted molar refractivity (Wildman–Crippen MR) is 69.2 cm³/mol. The SMILES string of the molecule is [C-]#[N+]/C(C#N)=C1/C/C(=C(\C#N)[N+]#[C-])c2cc(F)c(F)cc21. The second-order valence-corrected chi connectivity index (χ2v) is 4.09. The van der Waals surface area contributed by atoms with Gasteiger partial charge in [-0.05, 0) is 40.8 Å². The molecular weight excluding hydrogens is 274 g/mol. The van der Waals surface area contributed by atoms with Crippen LogP contribution >= 0.6 is 0 Å². The van der Waals surface area contributed by atoms with Crippen molar-refractivity contribution in [2.75, 3.05) is 0 Å². The normalized spacial score (nSPS) is 16.9. The van der Waals surface area contributed by atoms with Crippen LogP contribution in [0.4, 0.5) is 8.78 Å². The minimum Gasteiger partial charge on any atom is -0.226 e. The van der Waals surface area contributed by atoms with Crippen molar-refractivity contribution in [2.45, 2.75) is 6.42 Å². The van der Waals surface area contributed by atoms with E-state index < -0.39 is 11.6 Å². The number of hydrogen-bond donors (Lipinski definition) is 0. The Labute approximate surface area is 119 Å². The van der Waals surface area contributed by atoms with E-state index in [1.165, 1.54) is 0 Å². The minimum absolute atomic E-state index is 0.0469. The van der Waals surface area contributed by atoms with Gasteiger partial charge in [0.15, 0.2) is 11.6 Å². The summed E-state index contributed by atoms with van der Waals surface area (Å²) in [7, 11) is 0. The molecule has 2 rings (SSSR count). The van der Waals surface area contributed by atoms with Crippen LogP contribution in [0.25, 0.3) is 20.8 Å². The Morgan fingerprint density at radius 1 is 0.952 bits per heavy atom. The van der Waals surface area contributed by atoms with Crippen LogP contribution in [0.2, 0.25) is 0 Å². The Bertz CT molecular complexity index is 775. The van der Waals surface area contributed by atoms with Crippen LogP contribution in [0.1, 0.15) is 17.5 Å². The van der Waals surface area contributed by atoms with E-state index in [1.54, 1.807) is 12.1 Å². The highest BCUT2D eigenvalue weighted by Crippen LogP contribution is 2.44. The highest BCUT2D eigenvalue weighted by atomic mass is 19.2. The summed E-state index contributed by atoms with van der Waals surface area (Å²) in [5.41, 5.74) is 0.223. The second-order valence-electron chi connectivity index (χ2n) is 4.09. The van der Waals surface area contributed by atoms with E-state index in [1.807, 2.05) is 0 Å². The zero-order valence-corrected chi connectivity index (χ0v) is 10.4. The van der Waals surface area contributed by atoms with E-state index in [4.69, 9.17) is 23.7 Å². The van der Waals surface area contributed by atoms with Crippen molar-refractivity contribution in [2.24, 2.45) is 0 Å². The van der Waals surface area contributed by atoms with Crippen LogP contribution in [-0.4, -0.2) is 0 Å². The molecule has 1 aliphatic rings. The number of nitriles is 2. The summed E-state index contributed by atoms with van der Waals surface area (Å²) < 4.78 is 26.8. The molecule has 21 heavy (non-hydrogen) atoms. The fourth-order valence-electron chi connectivity index (χ4n) is 2.16. The lowest BCUT2D eigenvalue weighted by Crippen LogP contribution is -1.91. The molecule has 0 saturated carbocycles. The van der Waals surface area contributed by atoms with Crippen LogP contribution < -0.4 is 0 Å². The van der Waals surface area contributed by atoms with E-state index in [9.17, 15) is 8.78 Å². The van der Waals surface area contributed by atoms with Crippen LogP contribution in [0.15, 0.2) is 23.5 Å². The Hall–Kier alpha value is -3.48. The van der Waals surface area contributed by atoms with Crippen LogP contribution in [0.5, 0.6) is 0 Å². The summed E-state index contributed by atoms with van der Waals surface area (Å²) in [5.74, 6) is -2.23. The Balaban J connectivity index is 2.91. The maximum Gasteiger partial charge on any atom is 0.265 e. The van der Waals surface area contributed by atoms with Gasteiger partial charge < -0.3 is 0 Å². The highest BCUT2D eigenvalue weighted by molar-refractivity contribution is 5.97. The van der Waals surface area contributed by atoms with Crippen molar-refractivity contribution in [1.29, 1.82) is 10.5 Å². The number of nitrogens with zero attached hydrogens (tertiary/aromatic N) is 4. The molecule has 0 atom stereocenters. The molecule has 0 bridgehead atoms. The largest absolute Gasteiger partial charge is 0.265 e. The van der Waals surface area contributed by atoms with Gasteiger partial charge >= 0.3 is 0 Å². The first-order chi connectivity index (χ1) is 10.1. The second kappa shape index (κ2) is 5.25. The van der Waals surface area contributed by atoms with E-state index >= 15 is 0 Å². The van der Waals surface area contributed by atoms with E-state index in [0.29, 0.717) is 0 Å². The third kappa shape index (κ3) is 2.12. The molecule has 0 N–H and O–H groups in total. The third-order valence-electron chi connectivity index (χ3n) is 3.07. The van der Waals surface area contributed by atoms with Gasteiger partial charge in [-0.1, -0.05) is 0 Å². The average Bonchev–Trinajstić information content (AvgIpc) is 2.82. The van der Waals surface area contributed by atoms with Crippen molar-refractivity contribution in [3.8, 4) is 12.1 Å². The Morgan fingerprint density at radius 2 is 1.33 bits per heavy atom. The molecule has 0 aromatic heterocycles. The fraction of sp³-hybridized carbons (Fsp3) is 0.0667. The van der Waals surface area contributed by atoms with E-state index in [-0.39, 0.29) is 40.1 Å². The zero-order valence-electron chi connectivity index (χ0n) is 10.4. The quantitative estimate of drug-likeness (QED) is 0.537. The molecule has 0 heterocycles. The standard InChI is InChI=1S/C15H4F2N4/c1-20-14(6-18)10-3-11(15(7-19)21-2)9-5-13(17)12(16)4-8(9)10/h4-5H,3H2/b14-10-,15-11-. The fourth-order valence-corrected chi connectivity index (χ4v) is 2.16. The molecule has 0 spiro atoms.